The van der Waals surface area contributed by atoms with Crippen LogP contribution in [0.3, 0.4) is 0 Å². The number of carbonyl (C=O) groups excluding carboxylic acids is 2. The third kappa shape index (κ3) is 5.51. The maximum Gasteiger partial charge on any atom is 0.419 e. The average molecular weight is 235 g/mol. The Hall–Kier alpha value is -0.910. The molecule has 0 aliphatic rings. The van der Waals surface area contributed by atoms with Crippen molar-refractivity contribution >= 4 is 25.0 Å². The van der Waals surface area contributed by atoms with Crippen molar-refractivity contribution in [2.45, 2.75) is 27.2 Å². The Morgan fingerprint density at radius 3 is 2.47 bits per heavy atom. The fraction of sp³-hybridized carbons (Fsp3) is 0.778. The minimum absolute atomic E-state index is 0.130. The van der Waals surface area contributed by atoms with Crippen molar-refractivity contribution < 1.29 is 18.5 Å². The van der Waals surface area contributed by atoms with Gasteiger partial charge in [-0.05, 0) is 20.3 Å². The summed E-state index contributed by atoms with van der Waals surface area (Å²) in [7, 11) is 0. The molecule has 0 aromatic carbocycles. The molecule has 0 saturated carbocycles. The lowest BCUT2D eigenvalue weighted by molar-refractivity contribution is -0.153. The van der Waals surface area contributed by atoms with Gasteiger partial charge in [0.05, 0.1) is 12.0 Å². The predicted octanol–water partition coefficient (Wildman–Crippen LogP) is 1.54. The summed E-state index contributed by atoms with van der Waals surface area (Å²) >= 11 is 3.30. The largest absolute Gasteiger partial charge is 0.463 e. The van der Waals surface area contributed by atoms with Crippen molar-refractivity contribution in [1.82, 2.24) is 5.32 Å². The van der Waals surface area contributed by atoms with Crippen LogP contribution in [-0.4, -0.2) is 25.2 Å². The summed E-state index contributed by atoms with van der Waals surface area (Å²) in [5.41, 5.74) is -0.482. The molecule has 0 radical (unpaired) electrons. The Balaban J connectivity index is 3.69. The Labute approximate surface area is 95.1 Å². The Kier molecular flexibility index (Phi) is 6.15. The van der Waals surface area contributed by atoms with Crippen LogP contribution in [0.1, 0.15) is 27.2 Å². The number of carbonyl (C=O) groups is 2. The zero-order valence-electron chi connectivity index (χ0n) is 9.20. The zero-order valence-corrected chi connectivity index (χ0v) is 10.1. The number of amides is 1. The molecule has 15 heavy (non-hydrogen) atoms. The first-order valence-electron chi connectivity index (χ1n) is 4.70. The molecule has 0 aromatic heterocycles. The first kappa shape index (κ1) is 14.1. The molecule has 0 spiro atoms. The van der Waals surface area contributed by atoms with Gasteiger partial charge in [0, 0.05) is 12.9 Å². The topological polar surface area (TPSA) is 64.6 Å². The quantitative estimate of drug-likeness (QED) is 0.328. The second-order valence-electron chi connectivity index (χ2n) is 3.68. The fourth-order valence-corrected chi connectivity index (χ4v) is 0.733. The van der Waals surface area contributed by atoms with Crippen LogP contribution in [0.15, 0.2) is 0 Å². The highest BCUT2D eigenvalue weighted by atomic mass is 32.1. The number of ether oxygens (including phenoxy) is 1. The predicted molar refractivity (Wildman–Crippen MR) is 58.5 cm³/mol. The van der Waals surface area contributed by atoms with E-state index < -0.39 is 11.5 Å². The van der Waals surface area contributed by atoms with Gasteiger partial charge in [-0.2, -0.15) is 0 Å². The van der Waals surface area contributed by atoms with Crippen molar-refractivity contribution in [2.75, 3.05) is 13.2 Å². The van der Waals surface area contributed by atoms with E-state index in [2.05, 4.69) is 22.4 Å². The minimum atomic E-state index is -0.663. The van der Waals surface area contributed by atoms with E-state index in [1.165, 1.54) is 0 Å². The van der Waals surface area contributed by atoms with Gasteiger partial charge in [0.1, 0.15) is 6.61 Å². The van der Waals surface area contributed by atoms with Crippen LogP contribution >= 0.6 is 12.9 Å². The van der Waals surface area contributed by atoms with Gasteiger partial charge in [-0.3, -0.25) is 4.79 Å². The molecule has 0 atom stereocenters. The second-order valence-corrected chi connectivity index (χ2v) is 3.86. The summed E-state index contributed by atoms with van der Waals surface area (Å²) in [6, 6.07) is 0. The summed E-state index contributed by atoms with van der Waals surface area (Å²) < 4.78 is 9.01. The van der Waals surface area contributed by atoms with E-state index in [0.717, 1.165) is 0 Å². The van der Waals surface area contributed by atoms with Gasteiger partial charge in [-0.25, -0.2) is 4.79 Å². The zero-order chi connectivity index (χ0) is 11.9. The molecule has 0 bridgehead atoms. The van der Waals surface area contributed by atoms with E-state index in [0.29, 0.717) is 6.42 Å². The smallest absolute Gasteiger partial charge is 0.419 e. The number of rotatable bonds is 5. The lowest BCUT2D eigenvalue weighted by Crippen LogP contribution is -2.31. The summed E-state index contributed by atoms with van der Waals surface area (Å²) in [6.45, 7) is 5.88. The Morgan fingerprint density at radius 1 is 1.40 bits per heavy atom. The first-order valence-corrected chi connectivity index (χ1v) is 5.07. The standard InChI is InChI=1S/C9H17NO4S/c1-4-9(2,3)7(11)13-6-5-10-8(12)14-15/h15H,4-6H2,1-3H3,(H,10,12). The molecule has 6 heteroatoms. The summed E-state index contributed by atoms with van der Waals surface area (Å²) in [5.74, 6) is -0.272. The summed E-state index contributed by atoms with van der Waals surface area (Å²) in [6.07, 6.45) is 0.0435. The lowest BCUT2D eigenvalue weighted by Gasteiger charge is -2.20. The molecule has 5 nitrogen and oxygen atoms in total. The van der Waals surface area contributed by atoms with Crippen LogP contribution in [0.25, 0.3) is 0 Å². The first-order chi connectivity index (χ1) is 6.94. The van der Waals surface area contributed by atoms with Crippen LogP contribution in [0.5, 0.6) is 0 Å². The molecule has 0 saturated heterocycles. The highest BCUT2D eigenvalue weighted by molar-refractivity contribution is 7.75. The summed E-state index contributed by atoms with van der Waals surface area (Å²) in [4.78, 5) is 22.0. The lowest BCUT2D eigenvalue weighted by atomic mass is 9.91. The Bertz CT molecular complexity index is 230. The molecule has 0 fully saturated rings. The molecule has 0 aromatic rings. The van der Waals surface area contributed by atoms with E-state index >= 15 is 0 Å². The third-order valence-corrected chi connectivity index (χ3v) is 2.29. The molecule has 1 N–H and O–H groups in total. The number of hydrogen-bond acceptors (Lipinski definition) is 5. The van der Waals surface area contributed by atoms with Gasteiger partial charge in [0.2, 0.25) is 0 Å². The molecule has 0 unspecified atom stereocenters. The summed E-state index contributed by atoms with van der Waals surface area (Å²) in [5, 5.41) is 2.34. The van der Waals surface area contributed by atoms with Crippen molar-refractivity contribution in [3.05, 3.63) is 0 Å². The van der Waals surface area contributed by atoms with Crippen LogP contribution in [0.4, 0.5) is 4.79 Å². The SMILES string of the molecule is CCC(C)(C)C(=O)OCCNC(=O)OS. The van der Waals surface area contributed by atoms with Crippen molar-refractivity contribution in [3.8, 4) is 0 Å². The van der Waals surface area contributed by atoms with Crippen molar-refractivity contribution in [3.63, 3.8) is 0 Å². The highest BCUT2D eigenvalue weighted by Crippen LogP contribution is 2.21. The molecule has 0 aliphatic carbocycles. The molecule has 0 rings (SSSR count). The number of thiol groups is 1. The molecule has 1 amide bonds. The number of hydrogen-bond donors (Lipinski definition) is 2. The van der Waals surface area contributed by atoms with Crippen LogP contribution in [-0.2, 0) is 13.7 Å². The van der Waals surface area contributed by atoms with E-state index in [-0.39, 0.29) is 19.1 Å². The second kappa shape index (κ2) is 6.55. The number of nitrogens with one attached hydrogen (secondary N) is 1. The van der Waals surface area contributed by atoms with Gasteiger partial charge in [-0.15, -0.1) is 0 Å². The van der Waals surface area contributed by atoms with Crippen molar-refractivity contribution in [2.24, 2.45) is 5.41 Å². The van der Waals surface area contributed by atoms with Gasteiger partial charge < -0.3 is 14.2 Å². The van der Waals surface area contributed by atoms with Gasteiger partial charge in [-0.1, -0.05) is 6.92 Å². The molecular weight excluding hydrogens is 218 g/mol. The fourth-order valence-electron chi connectivity index (χ4n) is 0.669. The molecule has 0 heterocycles. The van der Waals surface area contributed by atoms with Crippen molar-refractivity contribution in [1.29, 1.82) is 0 Å². The molecule has 0 aliphatic heterocycles. The molecular formula is C9H17NO4S. The van der Waals surface area contributed by atoms with Gasteiger partial charge in [0.15, 0.2) is 0 Å². The maximum absolute atomic E-state index is 11.4. The van der Waals surface area contributed by atoms with Gasteiger partial charge >= 0.3 is 12.1 Å². The van der Waals surface area contributed by atoms with E-state index in [4.69, 9.17) is 4.74 Å². The molecule has 88 valence electrons. The average Bonchev–Trinajstić information content (AvgIpc) is 2.23. The van der Waals surface area contributed by atoms with E-state index in [1.54, 1.807) is 0 Å². The maximum atomic E-state index is 11.4. The van der Waals surface area contributed by atoms with E-state index in [1.807, 2.05) is 20.8 Å². The van der Waals surface area contributed by atoms with Crippen LogP contribution in [0.2, 0.25) is 0 Å². The highest BCUT2D eigenvalue weighted by Gasteiger charge is 2.26. The van der Waals surface area contributed by atoms with Crippen LogP contribution < -0.4 is 5.32 Å². The van der Waals surface area contributed by atoms with E-state index in [9.17, 15) is 9.59 Å². The van der Waals surface area contributed by atoms with Crippen LogP contribution in [0, 0.1) is 5.41 Å². The Morgan fingerprint density at radius 2 is 2.00 bits per heavy atom. The normalized spacial score (nSPS) is 10.7. The third-order valence-electron chi connectivity index (χ3n) is 2.12. The number of esters is 1. The minimum Gasteiger partial charge on any atom is -0.463 e. The van der Waals surface area contributed by atoms with Gasteiger partial charge in [0.25, 0.3) is 0 Å². The monoisotopic (exact) mass is 235 g/mol.